The molecule has 1 rings (SSSR count). The second-order valence-corrected chi connectivity index (χ2v) is 11.7. The minimum absolute atomic E-state index is 1.16. The summed E-state index contributed by atoms with van der Waals surface area (Å²) < 4.78 is 0. The summed E-state index contributed by atoms with van der Waals surface area (Å²) in [6.07, 6.45) is 2.82. The zero-order chi connectivity index (χ0) is 6.74. The molecule has 0 aromatic heterocycles. The molecule has 0 saturated heterocycles. The fourth-order valence-corrected chi connectivity index (χ4v) is 10.4. The summed E-state index contributed by atoms with van der Waals surface area (Å²) in [7, 11) is 0. The zero-order valence-corrected chi connectivity index (χ0v) is 8.58. The molecule has 0 unspecified atom stereocenters. The van der Waals surface area contributed by atoms with Gasteiger partial charge < -0.3 is 0 Å². The predicted molar refractivity (Wildman–Crippen MR) is 45.1 cm³/mol. The van der Waals surface area contributed by atoms with Crippen molar-refractivity contribution in [2.75, 3.05) is 0 Å². The average Bonchev–Trinajstić information content (AvgIpc) is 2.51. The third-order valence-corrected chi connectivity index (χ3v) is 10.8. The van der Waals surface area contributed by atoms with E-state index in [0.29, 0.717) is 0 Å². The molecular weight excluding hydrogens is 169 g/mol. The van der Waals surface area contributed by atoms with Crippen LogP contribution in [0.3, 0.4) is 0 Å². The van der Waals surface area contributed by atoms with E-state index in [4.69, 9.17) is 0 Å². The Kier molecular flexibility index (Phi) is 2.39. The van der Waals surface area contributed by atoms with Crippen molar-refractivity contribution in [1.82, 2.24) is 0 Å². The Morgan fingerprint density at radius 2 is 1.44 bits per heavy atom. The van der Waals surface area contributed by atoms with Crippen molar-refractivity contribution in [2.24, 2.45) is 0 Å². The predicted octanol–water partition coefficient (Wildman–Crippen LogP) is 2.90. The normalized spacial score (nSPS) is 20.2. The van der Waals surface area contributed by atoms with Crippen molar-refractivity contribution < 1.29 is 0 Å². The summed E-state index contributed by atoms with van der Waals surface area (Å²) >= 11 is -1.16. The Balaban J connectivity index is 2.18. The van der Waals surface area contributed by atoms with E-state index >= 15 is 0 Å². The first kappa shape index (κ1) is 7.39. The Hall–Kier alpha value is 0.283. The molecule has 0 bridgehead atoms. The second kappa shape index (κ2) is 2.91. The van der Waals surface area contributed by atoms with E-state index < -0.39 is 13.3 Å². The van der Waals surface area contributed by atoms with Crippen molar-refractivity contribution in [1.29, 1.82) is 0 Å². The molecule has 0 aliphatic carbocycles. The van der Waals surface area contributed by atoms with Crippen LogP contribution in [0, 0.1) is 0 Å². The first-order chi connectivity index (χ1) is 4.33. The summed E-state index contributed by atoms with van der Waals surface area (Å²) in [5.41, 5.74) is 0. The van der Waals surface area contributed by atoms with E-state index in [1.807, 2.05) is 0 Å². The Morgan fingerprint density at radius 3 is 1.67 bits per heavy atom. The molecule has 9 heavy (non-hydrogen) atoms. The van der Waals surface area contributed by atoms with Crippen LogP contribution < -0.4 is 0 Å². The second-order valence-electron chi connectivity index (χ2n) is 3.07. The molecule has 1 aliphatic heterocycles. The zero-order valence-electron chi connectivity index (χ0n) is 6.48. The Bertz CT molecular complexity index is 102. The van der Waals surface area contributed by atoms with Crippen LogP contribution in [-0.2, 0) is 0 Å². The van der Waals surface area contributed by atoms with Crippen molar-refractivity contribution in [3.63, 3.8) is 0 Å². The van der Waals surface area contributed by atoms with Gasteiger partial charge in [0.05, 0.1) is 0 Å². The van der Waals surface area contributed by atoms with E-state index in [1.165, 1.54) is 12.8 Å². The van der Waals surface area contributed by atoms with Gasteiger partial charge in [-0.1, -0.05) is 0 Å². The van der Waals surface area contributed by atoms with E-state index in [9.17, 15) is 0 Å². The Labute approximate surface area is 60.7 Å². The van der Waals surface area contributed by atoms with Crippen LogP contribution in [0.4, 0.5) is 0 Å². The molecule has 1 heterocycles. The fraction of sp³-hybridized carbons (Fsp3) is 0.750. The fourth-order valence-electron chi connectivity index (χ4n) is 1.51. The third kappa shape index (κ3) is 1.85. The summed E-state index contributed by atoms with van der Waals surface area (Å²) in [4.78, 5) is 5.10. The summed E-state index contributed by atoms with van der Waals surface area (Å²) in [5, 5.41) is 3.13. The quantitative estimate of drug-likeness (QED) is 0.590. The molecular formula is C8H16Ge. The van der Waals surface area contributed by atoms with Gasteiger partial charge in [-0.25, -0.2) is 0 Å². The van der Waals surface area contributed by atoms with Crippen LogP contribution in [0.2, 0.25) is 10.5 Å². The van der Waals surface area contributed by atoms with Crippen LogP contribution in [0.1, 0.15) is 26.7 Å². The van der Waals surface area contributed by atoms with E-state index in [0.717, 1.165) is 0 Å². The monoisotopic (exact) mass is 186 g/mol. The first-order valence-electron chi connectivity index (χ1n) is 4.03. The van der Waals surface area contributed by atoms with Gasteiger partial charge in [0.2, 0.25) is 0 Å². The summed E-state index contributed by atoms with van der Waals surface area (Å²) in [5.74, 6) is 0. The standard InChI is InChI=1S/C8H16Ge/c1-3-5-9(6-4-2)7-8-9/h7-8H,3-6H2,1-2H3. The number of rotatable bonds is 4. The Morgan fingerprint density at radius 1 is 1.00 bits per heavy atom. The first-order valence-corrected chi connectivity index (χ1v) is 9.42. The maximum absolute atomic E-state index is 2.55. The van der Waals surface area contributed by atoms with E-state index in [2.05, 4.69) is 23.7 Å². The van der Waals surface area contributed by atoms with Crippen molar-refractivity contribution in [2.45, 2.75) is 37.2 Å². The van der Waals surface area contributed by atoms with Crippen molar-refractivity contribution in [3.8, 4) is 0 Å². The van der Waals surface area contributed by atoms with E-state index in [-0.39, 0.29) is 0 Å². The molecule has 0 amide bonds. The van der Waals surface area contributed by atoms with Crippen molar-refractivity contribution >= 4 is 13.3 Å². The van der Waals surface area contributed by atoms with Crippen LogP contribution in [0.5, 0.6) is 0 Å². The van der Waals surface area contributed by atoms with Gasteiger partial charge in [0, 0.05) is 0 Å². The van der Waals surface area contributed by atoms with E-state index in [1.54, 1.807) is 10.5 Å². The molecule has 1 heteroatoms. The maximum atomic E-state index is 2.55. The molecule has 0 aromatic carbocycles. The molecule has 0 N–H and O–H groups in total. The molecule has 0 atom stereocenters. The van der Waals surface area contributed by atoms with Gasteiger partial charge in [0.25, 0.3) is 0 Å². The summed E-state index contributed by atoms with van der Waals surface area (Å²) in [6, 6.07) is 0. The van der Waals surface area contributed by atoms with Gasteiger partial charge in [0.1, 0.15) is 0 Å². The van der Waals surface area contributed by atoms with Gasteiger partial charge in [-0.15, -0.1) is 0 Å². The van der Waals surface area contributed by atoms with Gasteiger partial charge in [-0.2, -0.15) is 0 Å². The van der Waals surface area contributed by atoms with Gasteiger partial charge >= 0.3 is 60.3 Å². The van der Waals surface area contributed by atoms with Crippen LogP contribution >= 0.6 is 0 Å². The molecule has 0 nitrogen and oxygen atoms in total. The van der Waals surface area contributed by atoms with Crippen LogP contribution in [-0.4, -0.2) is 13.3 Å². The van der Waals surface area contributed by atoms with Gasteiger partial charge in [-0.3, -0.25) is 0 Å². The van der Waals surface area contributed by atoms with Gasteiger partial charge in [-0.05, 0) is 0 Å². The molecule has 0 radical (unpaired) electrons. The molecule has 1 aliphatic rings. The molecule has 52 valence electrons. The minimum atomic E-state index is -1.16. The van der Waals surface area contributed by atoms with Crippen LogP contribution in [0.25, 0.3) is 0 Å². The SMILES string of the molecule is CC[CH2][Ge]1([CH2]CC)[CH]=[CH]1. The third-order valence-electron chi connectivity index (χ3n) is 2.07. The topological polar surface area (TPSA) is 0 Å². The number of hydrogen-bond donors (Lipinski definition) is 0. The molecule has 0 fully saturated rings. The van der Waals surface area contributed by atoms with Crippen molar-refractivity contribution in [3.05, 3.63) is 9.82 Å². The molecule has 0 aromatic rings. The van der Waals surface area contributed by atoms with Crippen LogP contribution in [0.15, 0.2) is 9.82 Å². The average molecular weight is 185 g/mol. The summed E-state index contributed by atoms with van der Waals surface area (Å²) in [6.45, 7) is 4.62. The number of hydrogen-bond acceptors (Lipinski definition) is 0. The molecule has 0 saturated carbocycles. The van der Waals surface area contributed by atoms with Gasteiger partial charge in [0.15, 0.2) is 0 Å². The molecule has 0 spiro atoms.